The molecule has 2 aromatic carbocycles. The average Bonchev–Trinajstić information content (AvgIpc) is 3.34. The van der Waals surface area contributed by atoms with Crippen LogP contribution in [0.15, 0.2) is 36.4 Å². The monoisotopic (exact) mass is 471 g/mol. The van der Waals surface area contributed by atoms with Crippen LogP contribution in [0.3, 0.4) is 0 Å². The third-order valence-electron chi connectivity index (χ3n) is 7.16. The third kappa shape index (κ3) is 4.37. The zero-order valence-electron chi connectivity index (χ0n) is 19.0. The first-order chi connectivity index (χ1) is 15.9. The number of hydrogen-bond acceptors (Lipinski definition) is 6. The minimum atomic E-state index is -0.476. The summed E-state index contributed by atoms with van der Waals surface area (Å²) in [6.45, 7) is 4.43. The summed E-state index contributed by atoms with van der Waals surface area (Å²) in [7, 11) is 1.62. The van der Waals surface area contributed by atoms with Gasteiger partial charge in [-0.25, -0.2) is 0 Å². The molecule has 2 N–H and O–H groups in total. The lowest BCUT2D eigenvalue weighted by Gasteiger charge is -2.41. The molecule has 3 aliphatic heterocycles. The van der Waals surface area contributed by atoms with Gasteiger partial charge in [-0.1, -0.05) is 11.6 Å². The van der Waals surface area contributed by atoms with Crippen molar-refractivity contribution in [1.82, 2.24) is 4.90 Å². The topological polar surface area (TPSA) is 74.3 Å². The Labute approximate surface area is 199 Å². The molecule has 2 atom stereocenters. The van der Waals surface area contributed by atoms with Crippen molar-refractivity contribution < 1.29 is 19.4 Å². The van der Waals surface area contributed by atoms with Crippen LogP contribution in [0, 0.1) is 0 Å². The van der Waals surface area contributed by atoms with Crippen molar-refractivity contribution in [2.45, 2.75) is 43.9 Å². The number of nitrogens with one attached hydrogen (secondary N) is 1. The van der Waals surface area contributed by atoms with E-state index in [1.54, 1.807) is 7.11 Å². The molecule has 176 valence electrons. The fraction of sp³-hybridized carbons (Fsp3) is 0.480. The summed E-state index contributed by atoms with van der Waals surface area (Å²) < 4.78 is 11.8. The van der Waals surface area contributed by atoms with Crippen LogP contribution in [-0.4, -0.2) is 66.9 Å². The van der Waals surface area contributed by atoms with Gasteiger partial charge in [-0.05, 0) is 35.9 Å². The Bertz CT molecular complexity index is 1050. The van der Waals surface area contributed by atoms with Gasteiger partial charge in [0.15, 0.2) is 0 Å². The highest BCUT2D eigenvalue weighted by Gasteiger charge is 2.45. The lowest BCUT2D eigenvalue weighted by molar-refractivity contribution is -0.114. The van der Waals surface area contributed by atoms with Crippen molar-refractivity contribution in [3.05, 3.63) is 47.0 Å². The van der Waals surface area contributed by atoms with E-state index in [0.717, 1.165) is 60.2 Å². The van der Waals surface area contributed by atoms with Crippen LogP contribution in [0.2, 0.25) is 5.02 Å². The molecule has 2 saturated heterocycles. The summed E-state index contributed by atoms with van der Waals surface area (Å²) in [5.74, 6) is 1.54. The molecule has 0 radical (unpaired) electrons. The molecule has 1 unspecified atom stereocenters. The number of nitrogens with zero attached hydrogens (tertiary/aromatic N) is 2. The van der Waals surface area contributed by atoms with Gasteiger partial charge in [-0.2, -0.15) is 0 Å². The van der Waals surface area contributed by atoms with Crippen LogP contribution in [-0.2, 0) is 11.2 Å². The van der Waals surface area contributed by atoms with Crippen molar-refractivity contribution in [2.75, 3.05) is 43.5 Å². The number of carbonyl (C=O) groups excluding carboxylic acids is 1. The molecule has 7 nitrogen and oxygen atoms in total. The number of aliphatic hydroxyl groups is 1. The molecule has 1 spiro atoms. The van der Waals surface area contributed by atoms with Crippen LogP contribution in [0.4, 0.5) is 11.4 Å². The highest BCUT2D eigenvalue weighted by atomic mass is 35.5. The molecule has 1 amide bonds. The largest absolute Gasteiger partial charge is 0.497 e. The van der Waals surface area contributed by atoms with E-state index < -0.39 is 6.10 Å². The number of ether oxygens (including phenoxy) is 2. The van der Waals surface area contributed by atoms with Gasteiger partial charge in [0.2, 0.25) is 5.91 Å². The summed E-state index contributed by atoms with van der Waals surface area (Å²) in [5, 5.41) is 14.6. The molecule has 2 aromatic rings. The first-order valence-electron chi connectivity index (χ1n) is 11.5. The number of piperidine rings is 1. The van der Waals surface area contributed by atoms with E-state index >= 15 is 0 Å². The molecule has 3 aliphatic rings. The predicted octanol–water partition coefficient (Wildman–Crippen LogP) is 3.33. The smallest absolute Gasteiger partial charge is 0.221 e. The Morgan fingerprint density at radius 1 is 1.21 bits per heavy atom. The van der Waals surface area contributed by atoms with Gasteiger partial charge in [-0.3, -0.25) is 9.69 Å². The van der Waals surface area contributed by atoms with Crippen molar-refractivity contribution >= 4 is 28.9 Å². The number of methoxy groups -OCH3 is 1. The van der Waals surface area contributed by atoms with Gasteiger partial charge in [0.25, 0.3) is 0 Å². The zero-order chi connectivity index (χ0) is 23.2. The molecule has 8 heteroatoms. The summed E-state index contributed by atoms with van der Waals surface area (Å²) in [6.07, 6.45) is 2.24. The second-order valence-electron chi connectivity index (χ2n) is 9.35. The average molecular weight is 472 g/mol. The summed E-state index contributed by atoms with van der Waals surface area (Å²) in [5.41, 5.74) is 2.61. The summed E-state index contributed by atoms with van der Waals surface area (Å²) >= 11 is 6.17. The molecule has 2 fully saturated rings. The number of likely N-dealkylation sites (tertiary alicyclic amines) is 1. The van der Waals surface area contributed by atoms with Crippen LogP contribution in [0.5, 0.6) is 11.5 Å². The minimum absolute atomic E-state index is 0.0250. The zero-order valence-corrected chi connectivity index (χ0v) is 19.8. The maximum absolute atomic E-state index is 11.7. The Hall–Kier alpha value is -2.48. The van der Waals surface area contributed by atoms with E-state index in [0.29, 0.717) is 13.1 Å². The fourth-order valence-corrected chi connectivity index (χ4v) is 5.66. The number of amides is 1. The van der Waals surface area contributed by atoms with Gasteiger partial charge < -0.3 is 24.8 Å². The number of anilines is 2. The first-order valence-corrected chi connectivity index (χ1v) is 11.8. The molecule has 0 aromatic heterocycles. The standard InChI is InChI=1S/C25H30ClN3O4/c1-16(30)27-20-5-4-19(32-2)12-21(20)29-14-22(23(31)15-29)28-9-7-25(8-10-28)13-17-11-18(26)3-6-24(17)33-25/h3-6,11-12,22-23,31H,7-10,13-15H2,1-2H3,(H,27,30)/t22?,23-/m1/s1. The number of fused-ring (bicyclic) bond motifs is 1. The number of hydrogen-bond donors (Lipinski definition) is 2. The van der Waals surface area contributed by atoms with Crippen LogP contribution in [0.25, 0.3) is 0 Å². The SMILES string of the molecule is COc1ccc(NC(C)=O)c(N2CC(N3CCC4(CC3)Cc3cc(Cl)ccc3O4)[C@H](O)C2)c1. The van der Waals surface area contributed by atoms with Crippen molar-refractivity contribution in [2.24, 2.45) is 0 Å². The number of β-amino-alcohol motifs (C(OH)–C–C–N with tert-alkyl or cyclic N) is 1. The molecule has 0 aliphatic carbocycles. The van der Waals surface area contributed by atoms with Crippen LogP contribution >= 0.6 is 11.6 Å². The Balaban J connectivity index is 1.27. The molecule has 0 bridgehead atoms. The van der Waals surface area contributed by atoms with Gasteiger partial charge in [0, 0.05) is 63.5 Å². The Morgan fingerprint density at radius 2 is 2.00 bits per heavy atom. The maximum atomic E-state index is 11.7. The van der Waals surface area contributed by atoms with E-state index in [1.807, 2.05) is 36.4 Å². The number of carbonyl (C=O) groups is 1. The molecular formula is C25H30ClN3O4. The van der Waals surface area contributed by atoms with E-state index in [1.165, 1.54) is 12.5 Å². The van der Waals surface area contributed by atoms with E-state index in [-0.39, 0.29) is 17.6 Å². The Kier molecular flexibility index (Phi) is 5.89. The number of rotatable bonds is 4. The second-order valence-corrected chi connectivity index (χ2v) is 9.79. The van der Waals surface area contributed by atoms with Gasteiger partial charge in [0.1, 0.15) is 17.1 Å². The summed E-state index contributed by atoms with van der Waals surface area (Å²) in [6, 6.07) is 11.5. The van der Waals surface area contributed by atoms with Gasteiger partial charge >= 0.3 is 0 Å². The lowest BCUT2D eigenvalue weighted by atomic mass is 9.86. The normalized spacial score (nSPS) is 23.9. The maximum Gasteiger partial charge on any atom is 0.221 e. The van der Waals surface area contributed by atoms with E-state index in [2.05, 4.69) is 15.1 Å². The fourth-order valence-electron chi connectivity index (χ4n) is 5.46. The quantitative estimate of drug-likeness (QED) is 0.712. The third-order valence-corrected chi connectivity index (χ3v) is 7.39. The van der Waals surface area contributed by atoms with Crippen LogP contribution in [0.1, 0.15) is 25.3 Å². The van der Waals surface area contributed by atoms with E-state index in [9.17, 15) is 9.90 Å². The number of aliphatic hydroxyl groups excluding tert-OH is 1. The second kappa shape index (κ2) is 8.70. The Morgan fingerprint density at radius 3 is 2.73 bits per heavy atom. The number of benzene rings is 2. The first kappa shape index (κ1) is 22.3. The molecule has 33 heavy (non-hydrogen) atoms. The van der Waals surface area contributed by atoms with E-state index in [4.69, 9.17) is 21.1 Å². The summed E-state index contributed by atoms with van der Waals surface area (Å²) in [4.78, 5) is 16.2. The highest BCUT2D eigenvalue weighted by molar-refractivity contribution is 6.30. The predicted molar refractivity (Wildman–Crippen MR) is 129 cm³/mol. The molecule has 0 saturated carbocycles. The molecular weight excluding hydrogens is 442 g/mol. The highest BCUT2D eigenvalue weighted by Crippen LogP contribution is 2.43. The van der Waals surface area contributed by atoms with Gasteiger partial charge in [-0.15, -0.1) is 0 Å². The minimum Gasteiger partial charge on any atom is -0.497 e. The van der Waals surface area contributed by atoms with Crippen molar-refractivity contribution in [1.29, 1.82) is 0 Å². The lowest BCUT2D eigenvalue weighted by Crippen LogP contribution is -2.53. The molecule has 5 rings (SSSR count). The van der Waals surface area contributed by atoms with Gasteiger partial charge in [0.05, 0.1) is 30.6 Å². The molecule has 3 heterocycles. The van der Waals surface area contributed by atoms with Crippen LogP contribution < -0.4 is 19.7 Å². The van der Waals surface area contributed by atoms with Crippen molar-refractivity contribution in [3.63, 3.8) is 0 Å². The number of halogens is 1. The van der Waals surface area contributed by atoms with Crippen molar-refractivity contribution in [3.8, 4) is 11.5 Å².